The molecule has 6 heteroatoms. The highest BCUT2D eigenvalue weighted by atomic mass is 35.5. The molecule has 2 heterocycles. The van der Waals surface area contributed by atoms with Gasteiger partial charge in [-0.3, -0.25) is 0 Å². The fraction of sp³-hybridized carbons (Fsp3) is 0.667. The minimum atomic E-state index is 0.299. The van der Waals surface area contributed by atoms with Gasteiger partial charge in [0.15, 0.2) is 0 Å². The van der Waals surface area contributed by atoms with Gasteiger partial charge < -0.3 is 15.5 Å². The first kappa shape index (κ1) is 16.7. The van der Waals surface area contributed by atoms with Gasteiger partial charge in [-0.2, -0.15) is 0 Å². The molecule has 0 aliphatic carbocycles. The van der Waals surface area contributed by atoms with Crippen molar-refractivity contribution in [3.05, 3.63) is 16.1 Å². The highest BCUT2D eigenvalue weighted by molar-refractivity contribution is 6.37. The molecule has 0 amide bonds. The summed E-state index contributed by atoms with van der Waals surface area (Å²) in [4.78, 5) is 6.99. The molecule has 4 nitrogen and oxygen atoms in total. The molecule has 1 aliphatic rings. The summed E-state index contributed by atoms with van der Waals surface area (Å²) in [6.07, 6.45) is 3.63. The monoisotopic (exact) mass is 330 g/mol. The minimum Gasteiger partial charge on any atom is -0.369 e. The average molecular weight is 331 g/mol. The third kappa shape index (κ3) is 4.90. The molecule has 1 aromatic rings. The van der Waals surface area contributed by atoms with Crippen molar-refractivity contribution in [1.82, 2.24) is 9.88 Å². The summed E-state index contributed by atoms with van der Waals surface area (Å²) in [7, 11) is 0. The molecule has 1 aliphatic heterocycles. The van der Waals surface area contributed by atoms with Gasteiger partial charge in [0.1, 0.15) is 11.6 Å². The number of likely N-dealkylation sites (tertiary alicyclic amines) is 1. The Balaban J connectivity index is 2.00. The number of nitrogens with zero attached hydrogens (tertiary/aromatic N) is 2. The molecule has 0 bridgehead atoms. The second-order valence-electron chi connectivity index (χ2n) is 5.63. The second-order valence-corrected chi connectivity index (χ2v) is 6.44. The fourth-order valence-corrected chi connectivity index (χ4v) is 3.05. The molecule has 1 aromatic heterocycles. The normalized spacial score (nSPS) is 17.0. The van der Waals surface area contributed by atoms with Crippen molar-refractivity contribution in [2.24, 2.45) is 0 Å². The quantitative estimate of drug-likeness (QED) is 0.789. The lowest BCUT2D eigenvalue weighted by Crippen LogP contribution is -2.33. The van der Waals surface area contributed by atoms with Gasteiger partial charge >= 0.3 is 0 Å². The van der Waals surface area contributed by atoms with Gasteiger partial charge in [-0.1, -0.05) is 30.1 Å². The van der Waals surface area contributed by atoms with Crippen LogP contribution in [0.4, 0.5) is 11.6 Å². The van der Waals surface area contributed by atoms with Crippen LogP contribution in [0, 0.1) is 0 Å². The van der Waals surface area contributed by atoms with E-state index in [2.05, 4.69) is 34.4 Å². The second kappa shape index (κ2) is 8.06. The lowest BCUT2D eigenvalue weighted by molar-refractivity contribution is 0.327. The average Bonchev–Trinajstić information content (AvgIpc) is 2.93. The van der Waals surface area contributed by atoms with Crippen molar-refractivity contribution in [3.8, 4) is 0 Å². The summed E-state index contributed by atoms with van der Waals surface area (Å²) in [5, 5.41) is 7.75. The Morgan fingerprint density at radius 1 is 1.24 bits per heavy atom. The summed E-state index contributed by atoms with van der Waals surface area (Å²) < 4.78 is 0. The molecule has 0 saturated carbocycles. The zero-order valence-corrected chi connectivity index (χ0v) is 14.3. The Kier molecular flexibility index (Phi) is 6.40. The maximum atomic E-state index is 6.25. The molecule has 2 N–H and O–H groups in total. The van der Waals surface area contributed by atoms with Gasteiger partial charge in [0.25, 0.3) is 0 Å². The predicted octanol–water partition coefficient (Wildman–Crippen LogP) is 4.11. The molecule has 0 aromatic carbocycles. The molecular formula is C15H24Cl2N4. The summed E-state index contributed by atoms with van der Waals surface area (Å²) >= 11 is 12.4. The number of rotatable bonds is 7. The van der Waals surface area contributed by atoms with Crippen molar-refractivity contribution in [3.63, 3.8) is 0 Å². The molecule has 21 heavy (non-hydrogen) atoms. The van der Waals surface area contributed by atoms with Gasteiger partial charge in [0.2, 0.25) is 0 Å². The van der Waals surface area contributed by atoms with Crippen molar-refractivity contribution in [2.45, 2.75) is 39.2 Å². The summed E-state index contributed by atoms with van der Waals surface area (Å²) in [5.74, 6) is 1.39. The molecule has 0 spiro atoms. The van der Waals surface area contributed by atoms with Gasteiger partial charge in [0, 0.05) is 19.1 Å². The smallest absolute Gasteiger partial charge is 0.147 e. The molecular weight excluding hydrogens is 307 g/mol. The highest BCUT2D eigenvalue weighted by Crippen LogP contribution is 2.29. The first-order chi connectivity index (χ1) is 10.1. The van der Waals surface area contributed by atoms with Gasteiger partial charge in [-0.25, -0.2) is 4.98 Å². The van der Waals surface area contributed by atoms with Crippen molar-refractivity contribution >= 4 is 34.8 Å². The van der Waals surface area contributed by atoms with Crippen molar-refractivity contribution < 1.29 is 0 Å². The Morgan fingerprint density at radius 2 is 1.90 bits per heavy atom. The number of aromatic nitrogens is 1. The van der Waals surface area contributed by atoms with Crippen LogP contribution < -0.4 is 10.6 Å². The SMILES string of the molecule is CCCNc1nc(NC(C)CN2CCCC2)c(Cl)cc1Cl. The Morgan fingerprint density at radius 3 is 2.57 bits per heavy atom. The minimum absolute atomic E-state index is 0.299. The molecule has 1 atom stereocenters. The van der Waals surface area contributed by atoms with Crippen LogP contribution in [-0.2, 0) is 0 Å². The number of pyridine rings is 1. The largest absolute Gasteiger partial charge is 0.369 e. The zero-order chi connectivity index (χ0) is 15.2. The first-order valence-electron chi connectivity index (χ1n) is 7.69. The zero-order valence-electron chi connectivity index (χ0n) is 12.8. The van der Waals surface area contributed by atoms with E-state index in [-0.39, 0.29) is 0 Å². The molecule has 0 radical (unpaired) electrons. The topological polar surface area (TPSA) is 40.2 Å². The highest BCUT2D eigenvalue weighted by Gasteiger charge is 2.16. The number of hydrogen-bond donors (Lipinski definition) is 2. The Bertz CT molecular complexity index is 461. The molecule has 1 fully saturated rings. The first-order valence-corrected chi connectivity index (χ1v) is 8.44. The van der Waals surface area contributed by atoms with E-state index in [4.69, 9.17) is 23.2 Å². The van der Waals surface area contributed by atoms with E-state index in [1.165, 1.54) is 25.9 Å². The van der Waals surface area contributed by atoms with Crippen molar-refractivity contribution in [2.75, 3.05) is 36.8 Å². The summed E-state index contributed by atoms with van der Waals surface area (Å²) in [5.41, 5.74) is 0. The van der Waals surface area contributed by atoms with E-state index in [1.54, 1.807) is 6.07 Å². The standard InChI is InChI=1S/C15H24Cl2N4/c1-3-6-18-14-12(16)9-13(17)15(20-14)19-11(2)10-21-7-4-5-8-21/h9,11H,3-8,10H2,1-2H3,(H2,18,19,20). The van der Waals surface area contributed by atoms with E-state index < -0.39 is 0 Å². The third-order valence-electron chi connectivity index (χ3n) is 3.59. The molecule has 1 unspecified atom stereocenters. The van der Waals surface area contributed by atoms with Crippen LogP contribution in [0.2, 0.25) is 10.0 Å². The van der Waals surface area contributed by atoms with Crippen LogP contribution >= 0.6 is 23.2 Å². The number of halogens is 2. The predicted molar refractivity (Wildman–Crippen MR) is 91.8 cm³/mol. The molecule has 118 valence electrons. The van der Waals surface area contributed by atoms with Crippen LogP contribution in [0.1, 0.15) is 33.1 Å². The van der Waals surface area contributed by atoms with Crippen LogP contribution in [-0.4, -0.2) is 42.1 Å². The van der Waals surface area contributed by atoms with Crippen LogP contribution in [0.25, 0.3) is 0 Å². The van der Waals surface area contributed by atoms with Crippen LogP contribution in [0.3, 0.4) is 0 Å². The van der Waals surface area contributed by atoms with E-state index in [0.717, 1.165) is 19.5 Å². The van der Waals surface area contributed by atoms with Crippen LogP contribution in [0.15, 0.2) is 6.07 Å². The number of nitrogens with one attached hydrogen (secondary N) is 2. The van der Waals surface area contributed by atoms with E-state index in [1.807, 2.05) is 0 Å². The maximum Gasteiger partial charge on any atom is 0.147 e. The van der Waals surface area contributed by atoms with E-state index in [0.29, 0.717) is 27.7 Å². The molecule has 1 saturated heterocycles. The third-order valence-corrected chi connectivity index (χ3v) is 4.16. The van der Waals surface area contributed by atoms with Crippen molar-refractivity contribution in [1.29, 1.82) is 0 Å². The summed E-state index contributed by atoms with van der Waals surface area (Å²) in [6.45, 7) is 8.50. The van der Waals surface area contributed by atoms with Gasteiger partial charge in [-0.05, 0) is 45.3 Å². The lowest BCUT2D eigenvalue weighted by Gasteiger charge is -2.22. The van der Waals surface area contributed by atoms with E-state index >= 15 is 0 Å². The maximum absolute atomic E-state index is 6.25. The fourth-order valence-electron chi connectivity index (χ4n) is 2.57. The Hall–Kier alpha value is -0.710. The van der Waals surface area contributed by atoms with Gasteiger partial charge in [0.05, 0.1) is 10.0 Å². The molecule has 2 rings (SSSR count). The lowest BCUT2D eigenvalue weighted by atomic mass is 10.3. The number of anilines is 2. The summed E-state index contributed by atoms with van der Waals surface area (Å²) in [6, 6.07) is 2.05. The Labute approximate surface area is 137 Å². The van der Waals surface area contributed by atoms with Crippen LogP contribution in [0.5, 0.6) is 0 Å². The van der Waals surface area contributed by atoms with Gasteiger partial charge in [-0.15, -0.1) is 0 Å². The van der Waals surface area contributed by atoms with E-state index in [9.17, 15) is 0 Å². The number of hydrogen-bond acceptors (Lipinski definition) is 4.